The molecule has 0 bridgehead atoms. The predicted octanol–water partition coefficient (Wildman–Crippen LogP) is 0.927. The average Bonchev–Trinajstić information content (AvgIpc) is 3.06. The quantitative estimate of drug-likeness (QED) is 0.775. The van der Waals surface area contributed by atoms with E-state index in [1.807, 2.05) is 0 Å². The first-order chi connectivity index (χ1) is 11.6. The summed E-state index contributed by atoms with van der Waals surface area (Å²) in [5.74, 6) is 0.856. The Labute approximate surface area is 138 Å². The van der Waals surface area contributed by atoms with Crippen molar-refractivity contribution < 1.29 is 14.3 Å². The first-order valence-electron chi connectivity index (χ1n) is 7.36. The summed E-state index contributed by atoms with van der Waals surface area (Å²) in [5.41, 5.74) is -0.0454. The standard InChI is InChI=1S/C12H11N3O3.C4H7NO/c1-18-9-4-2-8(3-5-9)11(16)14-10-6-7-13-12(17)15-10;6-4-2-1-3-5-4/h2-7H,1H3,(H2,13,14,15,16,17);1-3H2,(H,5,6). The Hall–Kier alpha value is -3.16. The van der Waals surface area contributed by atoms with Crippen molar-refractivity contribution >= 4 is 17.6 Å². The number of hydrogen-bond acceptors (Lipinski definition) is 5. The maximum absolute atomic E-state index is 11.8. The number of nitrogens with zero attached hydrogens (tertiary/aromatic N) is 1. The minimum absolute atomic E-state index is 0.204. The molecule has 0 aliphatic carbocycles. The predicted molar refractivity (Wildman–Crippen MR) is 88.0 cm³/mol. The van der Waals surface area contributed by atoms with Crippen LogP contribution in [0.5, 0.6) is 5.75 Å². The second-order valence-electron chi connectivity index (χ2n) is 4.92. The van der Waals surface area contributed by atoms with Gasteiger partial charge in [-0.05, 0) is 36.8 Å². The lowest BCUT2D eigenvalue weighted by molar-refractivity contribution is -0.119. The number of H-pyrrole nitrogens is 1. The number of methoxy groups -OCH3 is 1. The lowest BCUT2D eigenvalue weighted by Gasteiger charge is -2.05. The summed E-state index contributed by atoms with van der Waals surface area (Å²) in [6, 6.07) is 8.14. The van der Waals surface area contributed by atoms with Gasteiger partial charge in [-0.1, -0.05) is 0 Å². The minimum Gasteiger partial charge on any atom is -0.497 e. The number of aromatic nitrogens is 2. The molecule has 0 radical (unpaired) electrons. The molecule has 0 atom stereocenters. The fourth-order valence-electron chi connectivity index (χ4n) is 1.94. The third kappa shape index (κ3) is 5.24. The van der Waals surface area contributed by atoms with Crippen LogP contribution in [0.2, 0.25) is 0 Å². The lowest BCUT2D eigenvalue weighted by Crippen LogP contribution is -2.17. The Morgan fingerprint density at radius 1 is 1.21 bits per heavy atom. The smallest absolute Gasteiger partial charge is 0.346 e. The van der Waals surface area contributed by atoms with Crippen LogP contribution in [0, 0.1) is 0 Å². The maximum atomic E-state index is 11.8. The zero-order valence-corrected chi connectivity index (χ0v) is 13.2. The largest absolute Gasteiger partial charge is 0.497 e. The van der Waals surface area contributed by atoms with Gasteiger partial charge in [0.1, 0.15) is 11.6 Å². The van der Waals surface area contributed by atoms with Crippen LogP contribution < -0.4 is 21.1 Å². The van der Waals surface area contributed by atoms with E-state index < -0.39 is 5.69 Å². The minimum atomic E-state index is -0.512. The van der Waals surface area contributed by atoms with Gasteiger partial charge in [-0.25, -0.2) is 9.78 Å². The monoisotopic (exact) mass is 330 g/mol. The first kappa shape index (κ1) is 17.2. The maximum Gasteiger partial charge on any atom is 0.346 e. The van der Waals surface area contributed by atoms with Crippen LogP contribution in [-0.4, -0.2) is 35.4 Å². The van der Waals surface area contributed by atoms with E-state index in [2.05, 4.69) is 20.6 Å². The Morgan fingerprint density at radius 3 is 2.46 bits per heavy atom. The highest BCUT2D eigenvalue weighted by molar-refractivity contribution is 6.03. The first-order valence-corrected chi connectivity index (χ1v) is 7.36. The van der Waals surface area contributed by atoms with Crippen LogP contribution in [0.4, 0.5) is 5.82 Å². The molecule has 2 aromatic rings. The topological polar surface area (TPSA) is 113 Å². The zero-order chi connectivity index (χ0) is 17.4. The summed E-state index contributed by atoms with van der Waals surface area (Å²) < 4.78 is 5.00. The van der Waals surface area contributed by atoms with Crippen LogP contribution in [0.25, 0.3) is 0 Å². The van der Waals surface area contributed by atoms with Crippen LogP contribution in [-0.2, 0) is 4.79 Å². The van der Waals surface area contributed by atoms with Gasteiger partial charge in [-0.2, -0.15) is 0 Å². The number of anilines is 1. The molecule has 1 fully saturated rings. The zero-order valence-electron chi connectivity index (χ0n) is 13.2. The van der Waals surface area contributed by atoms with Gasteiger partial charge in [0.05, 0.1) is 7.11 Å². The van der Waals surface area contributed by atoms with Crippen LogP contribution in [0.1, 0.15) is 23.2 Å². The summed E-state index contributed by atoms with van der Waals surface area (Å²) in [4.78, 5) is 38.8. The molecular weight excluding hydrogens is 312 g/mol. The van der Waals surface area contributed by atoms with E-state index in [9.17, 15) is 14.4 Å². The van der Waals surface area contributed by atoms with E-state index >= 15 is 0 Å². The van der Waals surface area contributed by atoms with E-state index in [1.54, 1.807) is 31.4 Å². The molecule has 3 rings (SSSR count). The van der Waals surface area contributed by atoms with Crippen molar-refractivity contribution in [2.75, 3.05) is 19.0 Å². The number of rotatable bonds is 3. The molecule has 1 aliphatic heterocycles. The van der Waals surface area contributed by atoms with Gasteiger partial charge in [-0.3, -0.25) is 14.6 Å². The number of amides is 2. The Balaban J connectivity index is 0.000000292. The normalized spacial score (nSPS) is 12.6. The third-order valence-corrected chi connectivity index (χ3v) is 3.18. The van der Waals surface area contributed by atoms with Gasteiger partial charge in [-0.15, -0.1) is 0 Å². The van der Waals surface area contributed by atoms with E-state index in [4.69, 9.17) is 4.74 Å². The van der Waals surface area contributed by atoms with Crippen molar-refractivity contribution in [1.82, 2.24) is 15.3 Å². The molecule has 126 valence electrons. The van der Waals surface area contributed by atoms with Crippen molar-refractivity contribution in [3.8, 4) is 5.75 Å². The Bertz CT molecular complexity index is 747. The summed E-state index contributed by atoms with van der Waals surface area (Å²) in [6.45, 7) is 0.888. The molecular formula is C16H18N4O4. The van der Waals surface area contributed by atoms with Gasteiger partial charge in [0.25, 0.3) is 5.91 Å². The molecule has 1 aromatic carbocycles. The van der Waals surface area contributed by atoms with Crippen molar-refractivity contribution in [3.05, 3.63) is 52.6 Å². The number of hydrogen-bond donors (Lipinski definition) is 3. The second-order valence-corrected chi connectivity index (χ2v) is 4.92. The molecule has 24 heavy (non-hydrogen) atoms. The van der Waals surface area contributed by atoms with Gasteiger partial charge < -0.3 is 15.4 Å². The molecule has 2 heterocycles. The van der Waals surface area contributed by atoms with Gasteiger partial charge in [0.2, 0.25) is 5.91 Å². The van der Waals surface area contributed by atoms with Gasteiger partial charge in [0, 0.05) is 24.7 Å². The number of aromatic amines is 1. The summed E-state index contributed by atoms with van der Waals surface area (Å²) in [6.07, 6.45) is 3.08. The molecule has 8 nitrogen and oxygen atoms in total. The molecule has 1 aromatic heterocycles. The van der Waals surface area contributed by atoms with Crippen molar-refractivity contribution in [2.45, 2.75) is 12.8 Å². The van der Waals surface area contributed by atoms with Gasteiger partial charge in [0.15, 0.2) is 0 Å². The van der Waals surface area contributed by atoms with Crippen LogP contribution in [0.15, 0.2) is 41.3 Å². The molecule has 1 aliphatic rings. The average molecular weight is 330 g/mol. The second kappa shape index (κ2) is 8.47. The van der Waals surface area contributed by atoms with Crippen LogP contribution in [0.3, 0.4) is 0 Å². The fourth-order valence-corrected chi connectivity index (χ4v) is 1.94. The highest BCUT2D eigenvalue weighted by Crippen LogP contribution is 2.12. The van der Waals surface area contributed by atoms with Crippen molar-refractivity contribution in [2.24, 2.45) is 0 Å². The van der Waals surface area contributed by atoms with E-state index in [0.29, 0.717) is 17.1 Å². The fraction of sp³-hybridized carbons (Fsp3) is 0.250. The van der Waals surface area contributed by atoms with Crippen LogP contribution >= 0.6 is 0 Å². The highest BCUT2D eigenvalue weighted by Gasteiger charge is 2.06. The van der Waals surface area contributed by atoms with E-state index in [0.717, 1.165) is 19.4 Å². The van der Waals surface area contributed by atoms with E-state index in [-0.39, 0.29) is 11.8 Å². The molecule has 1 saturated heterocycles. The molecule has 3 N–H and O–H groups in total. The molecule has 0 unspecified atom stereocenters. The highest BCUT2D eigenvalue weighted by atomic mass is 16.5. The molecule has 8 heteroatoms. The third-order valence-electron chi connectivity index (χ3n) is 3.18. The Morgan fingerprint density at radius 2 is 1.96 bits per heavy atom. The SMILES string of the molecule is COc1ccc(C(=O)Nc2ccnc(=O)[nH]2)cc1.O=C1CCCN1. The number of carbonyl (C=O) groups is 2. The van der Waals surface area contributed by atoms with Gasteiger partial charge >= 0.3 is 5.69 Å². The van der Waals surface area contributed by atoms with Crippen molar-refractivity contribution in [1.29, 1.82) is 0 Å². The number of benzene rings is 1. The summed E-state index contributed by atoms with van der Waals surface area (Å²) in [7, 11) is 1.55. The number of nitrogens with one attached hydrogen (secondary N) is 3. The molecule has 0 spiro atoms. The molecule has 0 saturated carbocycles. The molecule has 2 amide bonds. The summed E-state index contributed by atoms with van der Waals surface area (Å²) >= 11 is 0. The van der Waals surface area contributed by atoms with E-state index in [1.165, 1.54) is 12.3 Å². The summed E-state index contributed by atoms with van der Waals surface area (Å²) in [5, 5.41) is 5.24. The van der Waals surface area contributed by atoms with Crippen molar-refractivity contribution in [3.63, 3.8) is 0 Å². The number of ether oxygens (including phenoxy) is 1. The lowest BCUT2D eigenvalue weighted by atomic mass is 10.2. The number of carbonyl (C=O) groups excluding carboxylic acids is 2. The Kier molecular flexibility index (Phi) is 6.07.